The first-order valence-electron chi connectivity index (χ1n) is 6.42. The summed E-state index contributed by atoms with van der Waals surface area (Å²) in [6, 6.07) is 16.5. The maximum absolute atomic E-state index is 9.83. The molecule has 0 saturated heterocycles. The highest BCUT2D eigenvalue weighted by Crippen LogP contribution is 2.32. The Bertz CT molecular complexity index is 555. The molecule has 3 heteroatoms. The van der Waals surface area contributed by atoms with Gasteiger partial charge in [0.1, 0.15) is 0 Å². The van der Waals surface area contributed by atoms with Crippen LogP contribution in [0, 0.1) is 0 Å². The van der Waals surface area contributed by atoms with E-state index in [-0.39, 0.29) is 12.1 Å². The van der Waals surface area contributed by atoms with Crippen LogP contribution in [0.1, 0.15) is 11.1 Å². The van der Waals surface area contributed by atoms with Crippen LogP contribution >= 0.6 is 15.9 Å². The van der Waals surface area contributed by atoms with Crippen molar-refractivity contribution in [2.45, 2.75) is 18.4 Å². The van der Waals surface area contributed by atoms with Gasteiger partial charge in [-0.2, -0.15) is 0 Å². The van der Waals surface area contributed by atoms with E-state index in [1.165, 1.54) is 11.1 Å². The number of fused-ring (bicyclic) bond motifs is 1. The minimum Gasteiger partial charge on any atom is -0.394 e. The number of nitrogens with one attached hydrogen (secondary N) is 1. The summed E-state index contributed by atoms with van der Waals surface area (Å²) in [4.78, 5) is 0. The van der Waals surface area contributed by atoms with E-state index in [0.717, 1.165) is 23.0 Å². The van der Waals surface area contributed by atoms with Crippen molar-refractivity contribution in [1.82, 2.24) is 0 Å². The first kappa shape index (κ1) is 12.7. The molecule has 0 aromatic heterocycles. The minimum absolute atomic E-state index is 0.137. The Balaban J connectivity index is 1.84. The lowest BCUT2D eigenvalue weighted by Crippen LogP contribution is -2.43. The quantitative estimate of drug-likeness (QED) is 0.909. The molecule has 1 aliphatic carbocycles. The fourth-order valence-electron chi connectivity index (χ4n) is 2.77. The fraction of sp³-hybridized carbons (Fsp3) is 0.250. The third-order valence-electron chi connectivity index (χ3n) is 3.73. The number of hydrogen-bond acceptors (Lipinski definition) is 2. The van der Waals surface area contributed by atoms with E-state index < -0.39 is 0 Å². The second kappa shape index (κ2) is 4.99. The largest absolute Gasteiger partial charge is 0.394 e. The van der Waals surface area contributed by atoms with Crippen LogP contribution in [-0.4, -0.2) is 17.3 Å². The van der Waals surface area contributed by atoms with Crippen LogP contribution in [0.2, 0.25) is 0 Å². The first-order valence-corrected chi connectivity index (χ1v) is 7.21. The number of hydrogen-bond donors (Lipinski definition) is 2. The Morgan fingerprint density at radius 3 is 2.11 bits per heavy atom. The zero-order valence-corrected chi connectivity index (χ0v) is 12.2. The van der Waals surface area contributed by atoms with Crippen molar-refractivity contribution in [2.24, 2.45) is 0 Å². The molecular formula is C16H16BrNO. The summed E-state index contributed by atoms with van der Waals surface area (Å²) in [7, 11) is 0. The summed E-state index contributed by atoms with van der Waals surface area (Å²) in [5.74, 6) is 0. The van der Waals surface area contributed by atoms with Gasteiger partial charge in [0.15, 0.2) is 0 Å². The molecule has 2 aromatic carbocycles. The van der Waals surface area contributed by atoms with Gasteiger partial charge in [-0.3, -0.25) is 0 Å². The molecule has 0 unspecified atom stereocenters. The highest BCUT2D eigenvalue weighted by atomic mass is 79.9. The summed E-state index contributed by atoms with van der Waals surface area (Å²) < 4.78 is 1.06. The van der Waals surface area contributed by atoms with Crippen molar-refractivity contribution in [3.05, 3.63) is 64.1 Å². The topological polar surface area (TPSA) is 32.3 Å². The number of halogens is 1. The molecule has 0 heterocycles. The Kier molecular flexibility index (Phi) is 3.33. The van der Waals surface area contributed by atoms with Gasteiger partial charge in [0.2, 0.25) is 0 Å². The molecule has 19 heavy (non-hydrogen) atoms. The van der Waals surface area contributed by atoms with Crippen LogP contribution in [0.5, 0.6) is 0 Å². The number of anilines is 1. The zero-order valence-electron chi connectivity index (χ0n) is 10.6. The monoisotopic (exact) mass is 317 g/mol. The van der Waals surface area contributed by atoms with Gasteiger partial charge in [-0.15, -0.1) is 0 Å². The molecule has 2 nitrogen and oxygen atoms in total. The molecule has 2 aromatic rings. The van der Waals surface area contributed by atoms with Crippen molar-refractivity contribution in [1.29, 1.82) is 0 Å². The number of rotatable bonds is 3. The summed E-state index contributed by atoms with van der Waals surface area (Å²) in [6.07, 6.45) is 1.74. The van der Waals surface area contributed by atoms with Crippen molar-refractivity contribution in [3.8, 4) is 0 Å². The van der Waals surface area contributed by atoms with E-state index in [4.69, 9.17) is 0 Å². The van der Waals surface area contributed by atoms with Crippen molar-refractivity contribution < 1.29 is 5.11 Å². The van der Waals surface area contributed by atoms with Gasteiger partial charge in [-0.25, -0.2) is 0 Å². The fourth-order valence-corrected chi connectivity index (χ4v) is 3.04. The van der Waals surface area contributed by atoms with Gasteiger partial charge >= 0.3 is 0 Å². The van der Waals surface area contributed by atoms with Crippen LogP contribution in [0.4, 0.5) is 5.69 Å². The number of aliphatic hydroxyl groups excluding tert-OH is 1. The second-order valence-electron chi connectivity index (χ2n) is 5.19. The maximum atomic E-state index is 9.83. The SMILES string of the molecule is OCC1(Nc2ccc(Br)cc2)Cc2ccccc2C1. The molecule has 0 radical (unpaired) electrons. The van der Waals surface area contributed by atoms with Gasteiger partial charge in [0.05, 0.1) is 12.1 Å². The van der Waals surface area contributed by atoms with Crippen LogP contribution < -0.4 is 5.32 Å². The minimum atomic E-state index is -0.266. The van der Waals surface area contributed by atoms with E-state index >= 15 is 0 Å². The summed E-state index contributed by atoms with van der Waals surface area (Å²) in [5.41, 5.74) is 3.45. The zero-order chi connectivity index (χ0) is 13.3. The maximum Gasteiger partial charge on any atom is 0.0684 e. The molecule has 0 atom stereocenters. The summed E-state index contributed by atoms with van der Waals surface area (Å²) in [6.45, 7) is 0.137. The molecule has 3 rings (SSSR count). The average molecular weight is 318 g/mol. The van der Waals surface area contributed by atoms with Gasteiger partial charge < -0.3 is 10.4 Å². The van der Waals surface area contributed by atoms with E-state index in [2.05, 4.69) is 45.5 Å². The van der Waals surface area contributed by atoms with Crippen molar-refractivity contribution in [2.75, 3.05) is 11.9 Å². The van der Waals surface area contributed by atoms with E-state index in [1.54, 1.807) is 0 Å². The van der Waals surface area contributed by atoms with Crippen LogP contribution in [0.3, 0.4) is 0 Å². The van der Waals surface area contributed by atoms with E-state index in [0.29, 0.717) is 0 Å². The lowest BCUT2D eigenvalue weighted by Gasteiger charge is -2.29. The Labute approximate surface area is 121 Å². The third-order valence-corrected chi connectivity index (χ3v) is 4.26. The molecule has 0 saturated carbocycles. The molecule has 0 amide bonds. The molecule has 0 bridgehead atoms. The van der Waals surface area contributed by atoms with E-state index in [9.17, 15) is 5.11 Å². The van der Waals surface area contributed by atoms with Crippen LogP contribution in [-0.2, 0) is 12.8 Å². The van der Waals surface area contributed by atoms with Crippen LogP contribution in [0.25, 0.3) is 0 Å². The predicted molar refractivity (Wildman–Crippen MR) is 81.4 cm³/mol. The summed E-state index contributed by atoms with van der Waals surface area (Å²) >= 11 is 3.43. The summed E-state index contributed by atoms with van der Waals surface area (Å²) in [5, 5.41) is 13.3. The Morgan fingerprint density at radius 2 is 1.58 bits per heavy atom. The molecule has 0 fully saturated rings. The molecule has 0 aliphatic heterocycles. The Hall–Kier alpha value is -1.32. The van der Waals surface area contributed by atoms with Gasteiger partial charge in [-0.1, -0.05) is 40.2 Å². The van der Waals surface area contributed by atoms with Gasteiger partial charge in [0.25, 0.3) is 0 Å². The highest BCUT2D eigenvalue weighted by Gasteiger charge is 2.36. The molecule has 1 aliphatic rings. The molecule has 0 spiro atoms. The molecular weight excluding hydrogens is 302 g/mol. The van der Waals surface area contributed by atoms with Gasteiger partial charge in [0, 0.05) is 10.2 Å². The van der Waals surface area contributed by atoms with E-state index in [1.807, 2.05) is 24.3 Å². The van der Waals surface area contributed by atoms with Crippen molar-refractivity contribution in [3.63, 3.8) is 0 Å². The molecule has 98 valence electrons. The van der Waals surface area contributed by atoms with Crippen molar-refractivity contribution >= 4 is 21.6 Å². The predicted octanol–water partition coefficient (Wildman–Crippen LogP) is 3.39. The molecule has 2 N–H and O–H groups in total. The number of aliphatic hydroxyl groups is 1. The normalized spacial score (nSPS) is 16.1. The van der Waals surface area contributed by atoms with Crippen LogP contribution in [0.15, 0.2) is 53.0 Å². The highest BCUT2D eigenvalue weighted by molar-refractivity contribution is 9.10. The lowest BCUT2D eigenvalue weighted by molar-refractivity contribution is 0.216. The lowest BCUT2D eigenvalue weighted by atomic mass is 9.96. The number of benzene rings is 2. The second-order valence-corrected chi connectivity index (χ2v) is 6.11. The first-order chi connectivity index (χ1) is 9.21. The average Bonchev–Trinajstić information content (AvgIpc) is 2.80. The standard InChI is InChI=1S/C16H16BrNO/c17-14-5-7-15(8-6-14)18-16(11-19)9-12-3-1-2-4-13(12)10-16/h1-8,18-19H,9-11H2. The smallest absolute Gasteiger partial charge is 0.0684 e. The Morgan fingerprint density at radius 1 is 1.00 bits per heavy atom. The third kappa shape index (κ3) is 2.53. The van der Waals surface area contributed by atoms with Gasteiger partial charge in [-0.05, 0) is 48.2 Å².